The van der Waals surface area contributed by atoms with E-state index in [1.54, 1.807) is 29.1 Å². The molecule has 0 saturated heterocycles. The number of hydrogen-bond donors (Lipinski definition) is 2. The summed E-state index contributed by atoms with van der Waals surface area (Å²) >= 11 is 0. The predicted molar refractivity (Wildman–Crippen MR) is 126 cm³/mol. The average molecular weight is 465 g/mol. The minimum atomic E-state index is -0.689. The van der Waals surface area contributed by atoms with Crippen LogP contribution in [0.15, 0.2) is 73.2 Å². The number of aromatic amines is 1. The average Bonchev–Trinajstić information content (AvgIpc) is 3.54. The quantitative estimate of drug-likeness (QED) is 0.398. The molecule has 2 aromatic carbocycles. The second-order valence-electron chi connectivity index (χ2n) is 7.75. The molecule has 0 spiro atoms. The van der Waals surface area contributed by atoms with Gasteiger partial charge in [-0.05, 0) is 35.9 Å². The van der Waals surface area contributed by atoms with Gasteiger partial charge in [0.1, 0.15) is 17.7 Å². The van der Waals surface area contributed by atoms with E-state index < -0.39 is 11.7 Å². The number of para-hydroxylation sites is 1. The lowest BCUT2D eigenvalue weighted by Crippen LogP contribution is -2.14. The Labute approximate surface area is 196 Å². The first-order valence-corrected chi connectivity index (χ1v) is 10.7. The van der Waals surface area contributed by atoms with Gasteiger partial charge in [-0.15, -0.1) is 10.2 Å². The number of amides is 1. The highest BCUT2D eigenvalue weighted by Crippen LogP contribution is 2.24. The van der Waals surface area contributed by atoms with Crippen LogP contribution >= 0.6 is 0 Å². The van der Waals surface area contributed by atoms with Crippen molar-refractivity contribution in [2.24, 2.45) is 0 Å². The molecule has 35 heavy (non-hydrogen) atoms. The maximum absolute atomic E-state index is 14.8. The number of carbonyl (C=O) groups excluding carboxylic acids is 1. The molecule has 0 radical (unpaired) electrons. The van der Waals surface area contributed by atoms with Gasteiger partial charge < -0.3 is 0 Å². The van der Waals surface area contributed by atoms with Crippen molar-refractivity contribution < 1.29 is 9.18 Å². The molecule has 0 fully saturated rings. The first kappa shape index (κ1) is 20.5. The zero-order chi connectivity index (χ0) is 23.8. The molecular weight excluding hydrogens is 449 g/mol. The summed E-state index contributed by atoms with van der Waals surface area (Å²) in [6.45, 7) is 0.427. The number of rotatable bonds is 5. The molecule has 170 valence electrons. The van der Waals surface area contributed by atoms with Crippen LogP contribution < -0.4 is 5.32 Å². The van der Waals surface area contributed by atoms with Crippen LogP contribution in [0.4, 0.5) is 10.3 Å². The number of nitrogens with zero attached hydrogens (tertiary/aromatic N) is 7. The fraction of sp³-hybridized carbons (Fsp3) is 0.0417. The van der Waals surface area contributed by atoms with Gasteiger partial charge in [0.25, 0.3) is 5.91 Å². The minimum Gasteiger partial charge on any atom is -0.289 e. The van der Waals surface area contributed by atoms with Gasteiger partial charge in [-0.1, -0.05) is 35.5 Å². The third-order valence-electron chi connectivity index (χ3n) is 5.55. The van der Waals surface area contributed by atoms with Crippen molar-refractivity contribution in [2.75, 3.05) is 5.32 Å². The second kappa shape index (κ2) is 8.37. The summed E-state index contributed by atoms with van der Waals surface area (Å²) < 4.78 is 16.5. The highest BCUT2D eigenvalue weighted by molar-refractivity contribution is 6.03. The minimum absolute atomic E-state index is 0.0627. The van der Waals surface area contributed by atoms with Gasteiger partial charge in [0.2, 0.25) is 5.95 Å². The first-order valence-electron chi connectivity index (χ1n) is 10.7. The third kappa shape index (κ3) is 3.84. The largest absolute Gasteiger partial charge is 0.289 e. The molecule has 1 amide bonds. The van der Waals surface area contributed by atoms with Gasteiger partial charge in [0.15, 0.2) is 5.65 Å². The van der Waals surface area contributed by atoms with E-state index in [4.69, 9.17) is 0 Å². The van der Waals surface area contributed by atoms with E-state index in [0.717, 1.165) is 16.5 Å². The number of nitrogens with one attached hydrogen (secondary N) is 2. The number of aromatic nitrogens is 8. The van der Waals surface area contributed by atoms with Gasteiger partial charge in [0.05, 0.1) is 23.3 Å². The highest BCUT2D eigenvalue weighted by atomic mass is 19.1. The molecule has 0 aliphatic heterocycles. The lowest BCUT2D eigenvalue weighted by atomic mass is 10.1. The maximum Gasteiger partial charge on any atom is 0.261 e. The summed E-state index contributed by atoms with van der Waals surface area (Å²) in [5.74, 6) is -1.28. The van der Waals surface area contributed by atoms with Crippen LogP contribution in [0, 0.1) is 5.82 Å². The molecule has 0 aliphatic rings. The van der Waals surface area contributed by atoms with Gasteiger partial charge in [-0.3, -0.25) is 20.2 Å². The van der Waals surface area contributed by atoms with Gasteiger partial charge in [0, 0.05) is 17.1 Å². The number of fused-ring (bicyclic) bond motifs is 2. The van der Waals surface area contributed by atoms with Crippen molar-refractivity contribution in [3.8, 4) is 11.3 Å². The van der Waals surface area contributed by atoms with E-state index in [-0.39, 0.29) is 11.5 Å². The van der Waals surface area contributed by atoms with Crippen molar-refractivity contribution in [3.05, 3.63) is 90.1 Å². The predicted octanol–water partition coefficient (Wildman–Crippen LogP) is 3.60. The monoisotopic (exact) mass is 465 g/mol. The molecule has 4 heterocycles. The molecule has 6 aromatic rings. The van der Waals surface area contributed by atoms with E-state index in [9.17, 15) is 9.18 Å². The lowest BCUT2D eigenvalue weighted by molar-refractivity contribution is 0.102. The summed E-state index contributed by atoms with van der Waals surface area (Å²) in [4.78, 5) is 25.3. The smallest absolute Gasteiger partial charge is 0.261 e. The molecular formula is C24H16FN9O. The van der Waals surface area contributed by atoms with Crippen LogP contribution in [-0.4, -0.2) is 46.1 Å². The van der Waals surface area contributed by atoms with Crippen LogP contribution in [0.2, 0.25) is 0 Å². The molecule has 2 N–H and O–H groups in total. The Bertz CT molecular complexity index is 1690. The molecule has 0 bridgehead atoms. The number of pyridine rings is 2. The van der Waals surface area contributed by atoms with Crippen LogP contribution in [0.25, 0.3) is 33.3 Å². The Balaban J connectivity index is 1.32. The van der Waals surface area contributed by atoms with Crippen LogP contribution in [0.1, 0.15) is 15.9 Å². The second-order valence-corrected chi connectivity index (χ2v) is 7.75. The van der Waals surface area contributed by atoms with Crippen molar-refractivity contribution in [1.29, 1.82) is 0 Å². The number of carbonyl (C=O) groups is 1. The van der Waals surface area contributed by atoms with Crippen LogP contribution in [0.3, 0.4) is 0 Å². The maximum atomic E-state index is 14.8. The Morgan fingerprint density at radius 1 is 1.06 bits per heavy atom. The fourth-order valence-corrected chi connectivity index (χ4v) is 3.87. The molecule has 4 aromatic heterocycles. The number of anilines is 1. The van der Waals surface area contributed by atoms with Crippen molar-refractivity contribution in [2.45, 2.75) is 6.54 Å². The van der Waals surface area contributed by atoms with Gasteiger partial charge in [-0.25, -0.2) is 19.0 Å². The number of halogens is 1. The van der Waals surface area contributed by atoms with Crippen molar-refractivity contribution in [1.82, 2.24) is 40.1 Å². The third-order valence-corrected chi connectivity index (χ3v) is 5.55. The number of benzene rings is 2. The topological polar surface area (TPSA) is 127 Å². The molecule has 6 rings (SSSR count). The first-order chi connectivity index (χ1) is 17.2. The molecule has 11 heteroatoms. The molecule has 10 nitrogen and oxygen atoms in total. The van der Waals surface area contributed by atoms with E-state index >= 15 is 0 Å². The molecule has 0 saturated carbocycles. The van der Waals surface area contributed by atoms with Crippen molar-refractivity contribution >= 4 is 33.9 Å². The lowest BCUT2D eigenvalue weighted by Gasteiger charge is -2.08. The normalized spacial score (nSPS) is 11.2. The van der Waals surface area contributed by atoms with E-state index in [1.807, 2.05) is 30.3 Å². The van der Waals surface area contributed by atoms with E-state index in [0.29, 0.717) is 29.0 Å². The van der Waals surface area contributed by atoms with Gasteiger partial charge >= 0.3 is 0 Å². The standard InChI is InChI=1S/C24H16FN9O/c25-18-11-15(6-7-17(18)23(35)30-24-27-13-28-32-24)19-8-9-20-22(29-19)34(33-31-20)12-16-4-1-3-14-5-2-10-26-21(14)16/h1-11,13H,12H2,(H2,27,28,30,32,35). The zero-order valence-corrected chi connectivity index (χ0v) is 18.1. The summed E-state index contributed by atoms with van der Waals surface area (Å²) in [6.07, 6.45) is 3.07. The number of hydrogen-bond acceptors (Lipinski definition) is 7. The summed E-state index contributed by atoms with van der Waals surface area (Å²) in [5.41, 5.74) is 3.95. The summed E-state index contributed by atoms with van der Waals surface area (Å²) in [6, 6.07) is 17.7. The fourth-order valence-electron chi connectivity index (χ4n) is 3.87. The Morgan fingerprint density at radius 2 is 1.97 bits per heavy atom. The Hall–Kier alpha value is -5.06. The SMILES string of the molecule is O=C(Nc1nc[nH]n1)c1ccc(-c2ccc3nnn(Cc4cccc5cccnc45)c3n2)cc1F. The van der Waals surface area contributed by atoms with E-state index in [1.165, 1.54) is 18.5 Å². The molecule has 0 unspecified atom stereocenters. The Kier molecular flexibility index (Phi) is 4.91. The summed E-state index contributed by atoms with van der Waals surface area (Å²) in [5, 5.41) is 18.1. The highest BCUT2D eigenvalue weighted by Gasteiger charge is 2.16. The summed E-state index contributed by atoms with van der Waals surface area (Å²) in [7, 11) is 0. The van der Waals surface area contributed by atoms with Crippen LogP contribution in [0.5, 0.6) is 0 Å². The van der Waals surface area contributed by atoms with Gasteiger partial charge in [-0.2, -0.15) is 0 Å². The van der Waals surface area contributed by atoms with Crippen LogP contribution in [-0.2, 0) is 6.54 Å². The van der Waals surface area contributed by atoms with Crippen molar-refractivity contribution in [3.63, 3.8) is 0 Å². The van der Waals surface area contributed by atoms with E-state index in [2.05, 4.69) is 40.8 Å². The molecule has 0 atom stereocenters. The zero-order valence-electron chi connectivity index (χ0n) is 18.1. The Morgan fingerprint density at radius 3 is 2.83 bits per heavy atom. The number of H-pyrrole nitrogens is 1. The molecule has 0 aliphatic carbocycles.